The van der Waals surface area contributed by atoms with Crippen LogP contribution in [0, 0.1) is 11.7 Å². The van der Waals surface area contributed by atoms with Crippen LogP contribution in [-0.4, -0.2) is 25.8 Å². The molecule has 0 radical (unpaired) electrons. The molecule has 0 atom stereocenters. The second-order valence-corrected chi connectivity index (χ2v) is 14.4. The zero-order valence-electron chi connectivity index (χ0n) is 24.8. The number of hydrogen-bond acceptors (Lipinski definition) is 4. The third kappa shape index (κ3) is 7.33. The molecule has 5 rings (SSSR count). The molecule has 3 aromatic carbocycles. The lowest BCUT2D eigenvalue weighted by Crippen LogP contribution is -2.26. The highest BCUT2D eigenvalue weighted by Crippen LogP contribution is 2.30. The summed E-state index contributed by atoms with van der Waals surface area (Å²) in [6.07, 6.45) is 7.51. The van der Waals surface area contributed by atoms with Gasteiger partial charge in [0.2, 0.25) is 5.91 Å². The van der Waals surface area contributed by atoms with Crippen molar-refractivity contribution < 1.29 is 22.3 Å². The van der Waals surface area contributed by atoms with E-state index in [1.165, 1.54) is 55.9 Å². The van der Waals surface area contributed by atoms with Crippen molar-refractivity contribution in [3.8, 4) is 5.75 Å². The Balaban J connectivity index is 1.18. The first-order valence-corrected chi connectivity index (χ1v) is 16.4. The Morgan fingerprint density at radius 3 is 2.36 bits per heavy atom. The van der Waals surface area contributed by atoms with Gasteiger partial charge in [-0.2, -0.15) is 0 Å². The maximum Gasteiger partial charge on any atom is 0.261 e. The Labute approximate surface area is 249 Å². The first-order valence-electron chi connectivity index (χ1n) is 14.9. The van der Waals surface area contributed by atoms with Gasteiger partial charge >= 0.3 is 0 Å². The van der Waals surface area contributed by atoms with E-state index in [1.807, 2.05) is 12.1 Å². The Kier molecular flexibility index (Phi) is 8.92. The van der Waals surface area contributed by atoms with Crippen LogP contribution in [-0.2, 0) is 39.7 Å². The maximum atomic E-state index is 14.8. The summed E-state index contributed by atoms with van der Waals surface area (Å²) in [5.41, 5.74) is 3.75. The number of ether oxygens (including phenoxy) is 1. The molecule has 1 N–H and O–H groups in total. The third-order valence-corrected chi connectivity index (χ3v) is 9.81. The van der Waals surface area contributed by atoms with Crippen molar-refractivity contribution in [2.75, 3.05) is 11.3 Å². The lowest BCUT2D eigenvalue weighted by molar-refractivity contribution is -0.131. The lowest BCUT2D eigenvalue weighted by Gasteiger charge is -2.21. The van der Waals surface area contributed by atoms with Crippen LogP contribution in [0.5, 0.6) is 5.75 Å². The average molecular weight is 593 g/mol. The van der Waals surface area contributed by atoms with E-state index in [4.69, 9.17) is 4.74 Å². The van der Waals surface area contributed by atoms with Crippen molar-refractivity contribution in [1.82, 2.24) is 4.90 Å². The number of benzene rings is 3. The molecule has 224 valence electrons. The van der Waals surface area contributed by atoms with Gasteiger partial charge in [0, 0.05) is 19.2 Å². The van der Waals surface area contributed by atoms with E-state index in [9.17, 15) is 17.6 Å². The standard InChI is InChI=1S/C34H41FN2O4S/c1-34(2,3)28-12-9-25(10-13-28)19-33(38)37-22-26-11-15-30(20-27(26)23-37)42(39,40)36-32-16-14-29(21-31(32)35)41-18-17-24-7-5-4-6-8-24/h9-16,20-21,24,36H,4-8,17-19,22-23H2,1-3H3. The second kappa shape index (κ2) is 12.5. The number of anilines is 1. The van der Waals surface area contributed by atoms with E-state index in [2.05, 4.69) is 37.6 Å². The number of amides is 1. The van der Waals surface area contributed by atoms with Crippen LogP contribution in [0.25, 0.3) is 0 Å². The van der Waals surface area contributed by atoms with Crippen molar-refractivity contribution in [3.05, 3.63) is 88.7 Å². The molecule has 3 aromatic rings. The quantitative estimate of drug-likeness (QED) is 0.282. The number of nitrogens with zero attached hydrogens (tertiary/aromatic N) is 1. The monoisotopic (exact) mass is 592 g/mol. The SMILES string of the molecule is CC(C)(C)c1ccc(CC(=O)N2Cc3ccc(S(=O)(=O)Nc4ccc(OCCC5CCCCC5)cc4F)cc3C2)cc1. The molecular weight excluding hydrogens is 551 g/mol. The van der Waals surface area contributed by atoms with Crippen LogP contribution in [0.1, 0.15) is 81.5 Å². The van der Waals surface area contributed by atoms with Crippen LogP contribution in [0.15, 0.2) is 65.6 Å². The average Bonchev–Trinajstić information content (AvgIpc) is 3.39. The van der Waals surface area contributed by atoms with Gasteiger partial charge in [-0.3, -0.25) is 9.52 Å². The minimum atomic E-state index is -4.04. The molecule has 42 heavy (non-hydrogen) atoms. The van der Waals surface area contributed by atoms with Crippen molar-refractivity contribution in [3.63, 3.8) is 0 Å². The Bertz CT molecular complexity index is 1520. The van der Waals surface area contributed by atoms with Crippen molar-refractivity contribution in [2.24, 2.45) is 5.92 Å². The van der Waals surface area contributed by atoms with Gasteiger partial charge in [0.25, 0.3) is 10.0 Å². The van der Waals surface area contributed by atoms with E-state index >= 15 is 0 Å². The zero-order valence-corrected chi connectivity index (χ0v) is 25.6. The van der Waals surface area contributed by atoms with Gasteiger partial charge in [-0.15, -0.1) is 0 Å². The topological polar surface area (TPSA) is 75.7 Å². The molecule has 1 fully saturated rings. The highest BCUT2D eigenvalue weighted by molar-refractivity contribution is 7.92. The number of halogens is 1. The number of carbonyl (C=O) groups excluding carboxylic acids is 1. The molecule has 1 heterocycles. The fourth-order valence-electron chi connectivity index (χ4n) is 5.81. The summed E-state index contributed by atoms with van der Waals surface area (Å²) in [4.78, 5) is 14.8. The van der Waals surface area contributed by atoms with E-state index in [-0.39, 0.29) is 28.3 Å². The van der Waals surface area contributed by atoms with Crippen molar-refractivity contribution in [2.45, 2.75) is 89.1 Å². The fourth-order valence-corrected chi connectivity index (χ4v) is 6.93. The normalized spacial score (nSPS) is 15.9. The molecular formula is C34H41FN2O4S. The van der Waals surface area contributed by atoms with E-state index in [0.29, 0.717) is 31.4 Å². The summed E-state index contributed by atoms with van der Waals surface area (Å²) in [6, 6.07) is 17.1. The molecule has 1 aliphatic carbocycles. The fraction of sp³-hybridized carbons (Fsp3) is 0.441. The summed E-state index contributed by atoms with van der Waals surface area (Å²) in [6.45, 7) is 7.74. The third-order valence-electron chi connectivity index (χ3n) is 8.44. The summed E-state index contributed by atoms with van der Waals surface area (Å²) < 4.78 is 49.3. The molecule has 2 aliphatic rings. The molecule has 1 aliphatic heterocycles. The number of sulfonamides is 1. The highest BCUT2D eigenvalue weighted by atomic mass is 32.2. The van der Waals surface area contributed by atoms with Gasteiger partial charge in [0.05, 0.1) is 23.6 Å². The molecule has 0 spiro atoms. The minimum Gasteiger partial charge on any atom is -0.493 e. The summed E-state index contributed by atoms with van der Waals surface area (Å²) in [7, 11) is -4.04. The Morgan fingerprint density at radius 1 is 0.952 bits per heavy atom. The smallest absolute Gasteiger partial charge is 0.261 e. The van der Waals surface area contributed by atoms with Gasteiger partial charge in [-0.25, -0.2) is 12.8 Å². The minimum absolute atomic E-state index is 0.0136. The van der Waals surface area contributed by atoms with Crippen LogP contribution in [0.3, 0.4) is 0 Å². The van der Waals surface area contributed by atoms with E-state index in [1.54, 1.807) is 23.1 Å². The Morgan fingerprint density at radius 2 is 1.67 bits per heavy atom. The van der Waals surface area contributed by atoms with Crippen LogP contribution >= 0.6 is 0 Å². The predicted molar refractivity (Wildman–Crippen MR) is 163 cm³/mol. The van der Waals surface area contributed by atoms with Crippen molar-refractivity contribution in [1.29, 1.82) is 0 Å². The molecule has 0 saturated heterocycles. The van der Waals surface area contributed by atoms with E-state index in [0.717, 1.165) is 23.1 Å². The predicted octanol–water partition coefficient (Wildman–Crippen LogP) is 7.36. The number of nitrogens with one attached hydrogen (secondary N) is 1. The van der Waals surface area contributed by atoms with Gasteiger partial charge in [-0.05, 0) is 64.3 Å². The van der Waals surface area contributed by atoms with Gasteiger partial charge in [0.1, 0.15) is 5.75 Å². The highest BCUT2D eigenvalue weighted by Gasteiger charge is 2.26. The molecule has 6 nitrogen and oxygen atoms in total. The molecule has 8 heteroatoms. The summed E-state index contributed by atoms with van der Waals surface area (Å²) in [5.74, 6) is 0.347. The zero-order chi connectivity index (χ0) is 29.9. The summed E-state index contributed by atoms with van der Waals surface area (Å²) >= 11 is 0. The Hall–Kier alpha value is -3.39. The molecule has 1 saturated carbocycles. The number of carbonyl (C=O) groups is 1. The number of fused-ring (bicyclic) bond motifs is 1. The maximum absolute atomic E-state index is 14.8. The van der Waals surface area contributed by atoms with Crippen molar-refractivity contribution >= 4 is 21.6 Å². The number of rotatable bonds is 9. The second-order valence-electron chi connectivity index (χ2n) is 12.7. The first kappa shape index (κ1) is 30.1. The van der Waals surface area contributed by atoms with Gasteiger partial charge in [0.15, 0.2) is 5.82 Å². The molecule has 1 amide bonds. The largest absolute Gasteiger partial charge is 0.493 e. The first-order chi connectivity index (χ1) is 20.0. The molecule has 0 bridgehead atoms. The van der Waals surface area contributed by atoms with Crippen LogP contribution < -0.4 is 9.46 Å². The lowest BCUT2D eigenvalue weighted by atomic mass is 9.86. The van der Waals surface area contributed by atoms with Crippen LogP contribution in [0.4, 0.5) is 10.1 Å². The van der Waals surface area contributed by atoms with E-state index < -0.39 is 15.8 Å². The molecule has 0 unspecified atom stereocenters. The number of hydrogen-bond donors (Lipinski definition) is 1. The van der Waals surface area contributed by atoms with Gasteiger partial charge < -0.3 is 9.64 Å². The van der Waals surface area contributed by atoms with Gasteiger partial charge in [-0.1, -0.05) is 83.2 Å². The molecule has 0 aromatic heterocycles. The summed E-state index contributed by atoms with van der Waals surface area (Å²) in [5, 5.41) is 0. The van der Waals surface area contributed by atoms with Crippen LogP contribution in [0.2, 0.25) is 0 Å².